The first kappa shape index (κ1) is 39.8. The third-order valence-corrected chi connectivity index (χ3v) is 13.0. The Balaban J connectivity index is 4.77. The number of hydrogen-bond acceptors (Lipinski definition) is 6. The van der Waals surface area contributed by atoms with E-state index < -0.39 is 32.5 Å². The van der Waals surface area contributed by atoms with Gasteiger partial charge in [0.15, 0.2) is 0 Å². The van der Waals surface area contributed by atoms with E-state index in [9.17, 15) is 23.7 Å². The molecule has 0 bridgehead atoms. The number of hydrogen-bond donors (Lipinski definition) is 2. The summed E-state index contributed by atoms with van der Waals surface area (Å²) in [6.07, 6.45) is 21.4. The van der Waals surface area contributed by atoms with Gasteiger partial charge < -0.3 is 23.6 Å². The molecule has 8 nitrogen and oxygen atoms in total. The maximum Gasteiger partial charge on any atom is 0.357 e. The van der Waals surface area contributed by atoms with Crippen molar-refractivity contribution in [2.24, 2.45) is 0 Å². The highest BCUT2D eigenvalue weighted by molar-refractivity contribution is 7.75. The summed E-state index contributed by atoms with van der Waals surface area (Å²) in [5.41, 5.74) is 0. The van der Waals surface area contributed by atoms with Gasteiger partial charge in [-0.2, -0.15) is 0 Å². The minimum absolute atomic E-state index is 0.0795. The predicted octanol–water partition coefficient (Wildman–Crippen LogP) is 9.90. The fourth-order valence-corrected chi connectivity index (χ4v) is 9.14. The molecule has 0 aliphatic rings. The highest BCUT2D eigenvalue weighted by Crippen LogP contribution is 2.75. The van der Waals surface area contributed by atoms with Crippen molar-refractivity contribution in [1.29, 1.82) is 0 Å². The summed E-state index contributed by atoms with van der Waals surface area (Å²) >= 11 is 0. The van der Waals surface area contributed by atoms with Gasteiger partial charge in [-0.15, -0.1) is 0 Å². The van der Waals surface area contributed by atoms with Crippen LogP contribution in [0.25, 0.3) is 0 Å². The van der Waals surface area contributed by atoms with E-state index in [-0.39, 0.29) is 19.8 Å². The number of ether oxygens (including phenoxy) is 1. The molecular formula is C30H62O8P2. The molecule has 0 saturated carbocycles. The van der Waals surface area contributed by atoms with Gasteiger partial charge in [-0.1, -0.05) is 136 Å². The molecule has 0 rings (SSSR count). The maximum atomic E-state index is 13.4. The second-order valence-corrected chi connectivity index (χ2v) is 15.4. The summed E-state index contributed by atoms with van der Waals surface area (Å²) in [4.78, 5) is 32.1. The Kier molecular flexibility index (Phi) is 24.1. The first-order valence-corrected chi connectivity index (χ1v) is 19.4. The number of carbonyl (C=O) groups excluding carboxylic acids is 1. The molecule has 0 radical (unpaired) electrons. The van der Waals surface area contributed by atoms with Crippen LogP contribution in [0.3, 0.4) is 0 Å². The topological polar surface area (TPSA) is 119 Å². The second-order valence-electron chi connectivity index (χ2n) is 11.0. The van der Waals surface area contributed by atoms with Gasteiger partial charge in [0.05, 0.1) is 19.8 Å². The Hall–Kier alpha value is -0.230. The standard InChI is InChI=1S/C30H62O8P2/c1-5-9-11-13-15-17-19-21-23-25-27-37-39(32,33)30(7-3,29(31)36-8-4)40(34,35)38-28-26-24-22-20-18-16-14-12-10-6-2/h5-28H2,1-4H3,(H,32,33)(H,34,35). The molecule has 10 heteroatoms. The van der Waals surface area contributed by atoms with Crippen molar-refractivity contribution in [3.63, 3.8) is 0 Å². The van der Waals surface area contributed by atoms with Gasteiger partial charge in [-0.25, -0.2) is 0 Å². The van der Waals surface area contributed by atoms with Gasteiger partial charge in [0.25, 0.3) is 4.90 Å². The van der Waals surface area contributed by atoms with Crippen LogP contribution in [0.1, 0.15) is 163 Å². The summed E-state index contributed by atoms with van der Waals surface area (Å²) < 4.78 is 42.5. The highest BCUT2D eigenvalue weighted by atomic mass is 31.2. The molecule has 0 spiro atoms. The molecule has 0 saturated heterocycles. The fraction of sp³-hybridized carbons (Fsp3) is 0.967. The Morgan fingerprint density at radius 2 is 0.850 bits per heavy atom. The molecule has 0 aliphatic carbocycles. The van der Waals surface area contributed by atoms with E-state index in [2.05, 4.69) is 13.8 Å². The quantitative estimate of drug-likeness (QED) is 0.0486. The van der Waals surface area contributed by atoms with Gasteiger partial charge in [-0.05, 0) is 26.2 Å². The van der Waals surface area contributed by atoms with Crippen LogP contribution in [0.4, 0.5) is 0 Å². The monoisotopic (exact) mass is 612 g/mol. The molecule has 240 valence electrons. The zero-order valence-electron chi connectivity index (χ0n) is 26.2. The lowest BCUT2D eigenvalue weighted by Crippen LogP contribution is -2.41. The lowest BCUT2D eigenvalue weighted by atomic mass is 10.1. The summed E-state index contributed by atoms with van der Waals surface area (Å²) in [5, 5.41) is 0. The minimum Gasteiger partial charge on any atom is -0.465 e. The summed E-state index contributed by atoms with van der Waals surface area (Å²) in [6.45, 7) is 7.10. The van der Waals surface area contributed by atoms with Gasteiger partial charge in [0.2, 0.25) is 0 Å². The van der Waals surface area contributed by atoms with Crippen molar-refractivity contribution in [2.45, 2.75) is 167 Å². The number of esters is 1. The van der Waals surface area contributed by atoms with Crippen molar-refractivity contribution in [2.75, 3.05) is 19.8 Å². The van der Waals surface area contributed by atoms with E-state index in [4.69, 9.17) is 13.8 Å². The molecule has 0 aliphatic heterocycles. The molecule has 2 N–H and O–H groups in total. The maximum absolute atomic E-state index is 13.4. The molecule has 40 heavy (non-hydrogen) atoms. The van der Waals surface area contributed by atoms with E-state index in [1.807, 2.05) is 0 Å². The van der Waals surface area contributed by atoms with Gasteiger partial charge in [0.1, 0.15) is 0 Å². The van der Waals surface area contributed by atoms with Crippen molar-refractivity contribution >= 4 is 21.2 Å². The predicted molar refractivity (Wildman–Crippen MR) is 165 cm³/mol. The van der Waals surface area contributed by atoms with Crippen LogP contribution < -0.4 is 0 Å². The minimum atomic E-state index is -4.91. The summed E-state index contributed by atoms with van der Waals surface area (Å²) in [7, 11) is -9.83. The van der Waals surface area contributed by atoms with Crippen LogP contribution in [0.5, 0.6) is 0 Å². The van der Waals surface area contributed by atoms with Gasteiger partial charge in [-0.3, -0.25) is 13.9 Å². The molecule has 2 unspecified atom stereocenters. The lowest BCUT2D eigenvalue weighted by molar-refractivity contribution is -0.145. The average Bonchev–Trinajstić information content (AvgIpc) is 2.90. The molecule has 0 aromatic heterocycles. The largest absolute Gasteiger partial charge is 0.465 e. The first-order valence-electron chi connectivity index (χ1n) is 16.3. The Labute approximate surface area is 245 Å². The summed E-state index contributed by atoms with van der Waals surface area (Å²) in [5.74, 6) is -1.22. The lowest BCUT2D eigenvalue weighted by Gasteiger charge is -2.35. The van der Waals surface area contributed by atoms with E-state index in [0.29, 0.717) is 12.8 Å². The van der Waals surface area contributed by atoms with E-state index in [1.54, 1.807) is 0 Å². The molecule has 0 heterocycles. The van der Waals surface area contributed by atoms with Crippen molar-refractivity contribution in [1.82, 2.24) is 0 Å². The third kappa shape index (κ3) is 15.3. The van der Waals surface area contributed by atoms with Crippen molar-refractivity contribution in [3.8, 4) is 0 Å². The van der Waals surface area contributed by atoms with Crippen LogP contribution in [-0.2, 0) is 27.7 Å². The molecule has 2 atom stereocenters. The SMILES string of the molecule is CCCCCCCCCCCCOP(=O)(O)C(CC)(C(=O)OCC)P(=O)(O)OCCCCCCCCCCCC. The van der Waals surface area contributed by atoms with Crippen LogP contribution in [0.15, 0.2) is 0 Å². The van der Waals surface area contributed by atoms with E-state index in [0.717, 1.165) is 38.5 Å². The van der Waals surface area contributed by atoms with Gasteiger partial charge in [0, 0.05) is 0 Å². The molecular weight excluding hydrogens is 550 g/mol. The summed E-state index contributed by atoms with van der Waals surface area (Å²) in [6, 6.07) is 0. The normalized spacial score (nSPS) is 16.2. The molecule has 0 aromatic rings. The zero-order valence-corrected chi connectivity index (χ0v) is 28.0. The molecule has 0 amide bonds. The second kappa shape index (κ2) is 24.2. The van der Waals surface area contributed by atoms with Crippen LogP contribution in [-0.4, -0.2) is 40.5 Å². The van der Waals surface area contributed by atoms with Crippen molar-refractivity contribution < 1.29 is 37.5 Å². The van der Waals surface area contributed by atoms with E-state index in [1.165, 1.54) is 90.9 Å². The Morgan fingerprint density at radius 3 is 1.12 bits per heavy atom. The average molecular weight is 613 g/mol. The third-order valence-electron chi connectivity index (χ3n) is 7.56. The van der Waals surface area contributed by atoms with Crippen molar-refractivity contribution in [3.05, 3.63) is 0 Å². The van der Waals surface area contributed by atoms with Gasteiger partial charge >= 0.3 is 21.2 Å². The fourth-order valence-electron chi connectivity index (χ4n) is 4.95. The molecule has 0 aromatic carbocycles. The Morgan fingerprint density at radius 1 is 0.550 bits per heavy atom. The highest BCUT2D eigenvalue weighted by Gasteiger charge is 2.68. The van der Waals surface area contributed by atoms with E-state index >= 15 is 0 Å². The smallest absolute Gasteiger partial charge is 0.357 e. The number of carbonyl (C=O) groups is 1. The number of rotatable bonds is 29. The zero-order chi connectivity index (χ0) is 30.2. The Bertz CT molecular complexity index is 670. The first-order chi connectivity index (χ1) is 19.2. The van der Waals surface area contributed by atoms with Crippen LogP contribution in [0, 0.1) is 0 Å². The molecule has 0 fully saturated rings. The van der Waals surface area contributed by atoms with Crippen LogP contribution in [0.2, 0.25) is 0 Å². The number of unbranched alkanes of at least 4 members (excludes halogenated alkanes) is 18. The van der Waals surface area contributed by atoms with Crippen LogP contribution >= 0.6 is 15.2 Å².